The minimum Gasteiger partial charge on any atom is -0.491 e. The number of aliphatic hydroxyl groups excluding tert-OH is 1. The predicted molar refractivity (Wildman–Crippen MR) is 68.0 cm³/mol. The zero-order valence-corrected chi connectivity index (χ0v) is 10.8. The fourth-order valence-corrected chi connectivity index (χ4v) is 1.61. The van der Waals surface area contributed by atoms with E-state index in [0.29, 0.717) is 23.4 Å². The third-order valence-corrected chi connectivity index (χ3v) is 2.56. The van der Waals surface area contributed by atoms with Gasteiger partial charge in [-0.3, -0.25) is 10.1 Å². The van der Waals surface area contributed by atoms with Crippen molar-refractivity contribution in [3.8, 4) is 5.75 Å². The highest BCUT2D eigenvalue weighted by Crippen LogP contribution is 2.27. The summed E-state index contributed by atoms with van der Waals surface area (Å²) in [6.07, 6.45) is -0.607. The van der Waals surface area contributed by atoms with Crippen molar-refractivity contribution in [1.82, 2.24) is 5.32 Å². The lowest BCUT2D eigenvalue weighted by atomic mass is 10.1. The van der Waals surface area contributed by atoms with Gasteiger partial charge in [-0.2, -0.15) is 0 Å². The lowest BCUT2D eigenvalue weighted by Crippen LogP contribution is -2.29. The number of nitrogens with one attached hydrogen (secondary N) is 1. The van der Waals surface area contributed by atoms with E-state index in [1.807, 2.05) is 0 Å². The van der Waals surface area contributed by atoms with E-state index >= 15 is 0 Å². The lowest BCUT2D eigenvalue weighted by molar-refractivity contribution is -0.385. The Balaban J connectivity index is 2.79. The minimum absolute atomic E-state index is 0.0793. The molecule has 6 heteroatoms. The molecule has 0 saturated carbocycles. The Morgan fingerprint density at radius 1 is 1.44 bits per heavy atom. The molecular weight excluding hydrogens is 236 g/mol. The first-order chi connectivity index (χ1) is 8.45. The number of hydrogen-bond donors (Lipinski definition) is 2. The summed E-state index contributed by atoms with van der Waals surface area (Å²) in [5, 5.41) is 23.1. The van der Waals surface area contributed by atoms with Crippen LogP contribution in [0.2, 0.25) is 0 Å². The Bertz CT molecular complexity index is 434. The monoisotopic (exact) mass is 254 g/mol. The molecule has 0 heterocycles. The van der Waals surface area contributed by atoms with Crippen LogP contribution in [0.3, 0.4) is 0 Å². The highest BCUT2D eigenvalue weighted by Gasteiger charge is 2.14. The van der Waals surface area contributed by atoms with Gasteiger partial charge in [0.25, 0.3) is 5.69 Å². The minimum atomic E-state index is -0.607. The van der Waals surface area contributed by atoms with Gasteiger partial charge in [-0.1, -0.05) is 0 Å². The smallest absolute Gasteiger partial charge is 0.272 e. The maximum absolute atomic E-state index is 10.8. The van der Waals surface area contributed by atoms with Crippen molar-refractivity contribution in [3.05, 3.63) is 33.4 Å². The Morgan fingerprint density at radius 3 is 2.67 bits per heavy atom. The van der Waals surface area contributed by atoms with Crippen LogP contribution in [0.15, 0.2) is 12.1 Å². The van der Waals surface area contributed by atoms with Gasteiger partial charge in [0.2, 0.25) is 0 Å². The molecule has 2 N–H and O–H groups in total. The molecule has 0 amide bonds. The van der Waals surface area contributed by atoms with E-state index in [1.165, 1.54) is 6.07 Å². The van der Waals surface area contributed by atoms with E-state index in [0.717, 1.165) is 0 Å². The normalized spacial score (nSPS) is 12.2. The zero-order valence-electron chi connectivity index (χ0n) is 10.8. The van der Waals surface area contributed by atoms with Gasteiger partial charge in [0, 0.05) is 18.2 Å². The van der Waals surface area contributed by atoms with Crippen molar-refractivity contribution in [2.75, 3.05) is 20.2 Å². The number of ether oxygens (including phenoxy) is 1. The maximum Gasteiger partial charge on any atom is 0.272 e. The fraction of sp³-hybridized carbons (Fsp3) is 0.500. The van der Waals surface area contributed by atoms with E-state index in [-0.39, 0.29) is 12.3 Å². The van der Waals surface area contributed by atoms with E-state index < -0.39 is 11.0 Å². The molecule has 0 aliphatic carbocycles. The molecule has 1 rings (SSSR count). The zero-order chi connectivity index (χ0) is 13.7. The number of aryl methyl sites for hydroxylation is 2. The van der Waals surface area contributed by atoms with Crippen LogP contribution in [0.4, 0.5) is 5.69 Å². The van der Waals surface area contributed by atoms with Gasteiger partial charge in [-0.05, 0) is 32.5 Å². The Hall–Kier alpha value is -1.66. The molecule has 0 aliphatic rings. The number of nitrogens with zero attached hydrogens (tertiary/aromatic N) is 1. The van der Waals surface area contributed by atoms with Crippen molar-refractivity contribution in [1.29, 1.82) is 0 Å². The number of hydrogen-bond acceptors (Lipinski definition) is 5. The second-order valence-corrected chi connectivity index (χ2v) is 4.18. The molecular formula is C12H18N2O4. The number of nitro groups is 1. The summed E-state index contributed by atoms with van der Waals surface area (Å²) in [7, 11) is 1.74. The molecule has 6 nitrogen and oxygen atoms in total. The average Bonchev–Trinajstić information content (AvgIpc) is 2.29. The summed E-state index contributed by atoms with van der Waals surface area (Å²) in [6, 6.07) is 3.11. The third kappa shape index (κ3) is 3.68. The molecule has 1 unspecified atom stereocenters. The first kappa shape index (κ1) is 14.4. The van der Waals surface area contributed by atoms with Crippen molar-refractivity contribution < 1.29 is 14.8 Å². The summed E-state index contributed by atoms with van der Waals surface area (Å²) in [4.78, 5) is 10.3. The van der Waals surface area contributed by atoms with E-state index in [1.54, 1.807) is 27.0 Å². The molecule has 0 aliphatic heterocycles. The van der Waals surface area contributed by atoms with Gasteiger partial charge >= 0.3 is 0 Å². The fourth-order valence-electron chi connectivity index (χ4n) is 1.61. The molecule has 0 spiro atoms. The van der Waals surface area contributed by atoms with Crippen LogP contribution in [0, 0.1) is 24.0 Å². The lowest BCUT2D eigenvalue weighted by Gasteiger charge is -2.14. The molecule has 0 saturated heterocycles. The molecule has 0 bridgehead atoms. The molecule has 1 aromatic rings. The summed E-state index contributed by atoms with van der Waals surface area (Å²) < 4.78 is 5.45. The standard InChI is InChI=1S/C12H18N2O4/c1-8-5-12(18-7-10(15)6-13-3)9(2)4-11(8)14(16)17/h4-5,10,13,15H,6-7H2,1-3H3. The highest BCUT2D eigenvalue weighted by molar-refractivity contribution is 5.49. The molecule has 1 aromatic carbocycles. The van der Waals surface area contributed by atoms with E-state index in [2.05, 4.69) is 5.32 Å². The average molecular weight is 254 g/mol. The van der Waals surface area contributed by atoms with Crippen LogP contribution >= 0.6 is 0 Å². The quantitative estimate of drug-likeness (QED) is 0.588. The van der Waals surface area contributed by atoms with Crippen LogP contribution in [-0.4, -0.2) is 36.3 Å². The number of aliphatic hydroxyl groups is 1. The van der Waals surface area contributed by atoms with Crippen LogP contribution in [0.1, 0.15) is 11.1 Å². The van der Waals surface area contributed by atoms with Crippen LogP contribution in [0.5, 0.6) is 5.75 Å². The molecule has 100 valence electrons. The van der Waals surface area contributed by atoms with Crippen LogP contribution < -0.4 is 10.1 Å². The van der Waals surface area contributed by atoms with E-state index in [9.17, 15) is 15.2 Å². The number of nitro benzene ring substituents is 1. The van der Waals surface area contributed by atoms with Crippen molar-refractivity contribution >= 4 is 5.69 Å². The molecule has 18 heavy (non-hydrogen) atoms. The second kappa shape index (κ2) is 6.32. The Labute approximate surface area is 106 Å². The van der Waals surface area contributed by atoms with Crippen molar-refractivity contribution in [2.24, 2.45) is 0 Å². The second-order valence-electron chi connectivity index (χ2n) is 4.18. The first-order valence-corrected chi connectivity index (χ1v) is 5.66. The number of likely N-dealkylation sites (N-methyl/N-ethyl adjacent to an activating group) is 1. The topological polar surface area (TPSA) is 84.6 Å². The SMILES string of the molecule is CNCC(O)COc1cc(C)c([N+](=O)[O-])cc1C. The number of rotatable bonds is 6. The van der Waals surface area contributed by atoms with Gasteiger partial charge in [-0.15, -0.1) is 0 Å². The van der Waals surface area contributed by atoms with Crippen LogP contribution in [0.25, 0.3) is 0 Å². The van der Waals surface area contributed by atoms with Crippen molar-refractivity contribution in [2.45, 2.75) is 20.0 Å². The summed E-state index contributed by atoms with van der Waals surface area (Å²) in [6.45, 7) is 3.99. The largest absolute Gasteiger partial charge is 0.491 e. The molecule has 1 atom stereocenters. The molecule has 0 fully saturated rings. The van der Waals surface area contributed by atoms with Gasteiger partial charge in [0.05, 0.1) is 4.92 Å². The number of benzene rings is 1. The molecule has 0 aromatic heterocycles. The Kier molecular flexibility index (Phi) is 5.06. The third-order valence-electron chi connectivity index (χ3n) is 2.56. The Morgan fingerprint density at radius 2 is 2.11 bits per heavy atom. The van der Waals surface area contributed by atoms with Crippen LogP contribution in [-0.2, 0) is 0 Å². The summed E-state index contributed by atoms with van der Waals surface area (Å²) in [5.41, 5.74) is 1.31. The summed E-state index contributed by atoms with van der Waals surface area (Å²) in [5.74, 6) is 0.563. The maximum atomic E-state index is 10.8. The predicted octanol–water partition coefficient (Wildman–Crippen LogP) is 1.17. The molecule has 0 radical (unpaired) electrons. The van der Waals surface area contributed by atoms with Gasteiger partial charge in [0.15, 0.2) is 0 Å². The van der Waals surface area contributed by atoms with E-state index in [4.69, 9.17) is 4.74 Å². The van der Waals surface area contributed by atoms with Crippen molar-refractivity contribution in [3.63, 3.8) is 0 Å². The summed E-state index contributed by atoms with van der Waals surface area (Å²) >= 11 is 0. The first-order valence-electron chi connectivity index (χ1n) is 5.66. The van der Waals surface area contributed by atoms with Gasteiger partial charge in [-0.25, -0.2) is 0 Å². The highest BCUT2D eigenvalue weighted by atomic mass is 16.6. The van der Waals surface area contributed by atoms with Gasteiger partial charge in [0.1, 0.15) is 18.5 Å². The van der Waals surface area contributed by atoms with Gasteiger partial charge < -0.3 is 15.2 Å².